The third kappa shape index (κ3) is 4.64. The predicted molar refractivity (Wildman–Crippen MR) is 93.9 cm³/mol. The van der Waals surface area contributed by atoms with Gasteiger partial charge in [-0.3, -0.25) is 0 Å². The molecule has 0 aliphatic heterocycles. The first-order valence-corrected chi connectivity index (χ1v) is 7.82. The summed E-state index contributed by atoms with van der Waals surface area (Å²) in [4.78, 5) is 12.6. The van der Waals surface area contributed by atoms with E-state index in [1.807, 2.05) is 0 Å². The minimum atomic E-state index is -0.175. The molecule has 2 aromatic rings. The third-order valence-corrected chi connectivity index (χ3v) is 3.63. The second kappa shape index (κ2) is 8.45. The molecule has 0 aromatic carbocycles. The van der Waals surface area contributed by atoms with Gasteiger partial charge in [-0.25, -0.2) is 15.0 Å². The predicted octanol–water partition coefficient (Wildman–Crippen LogP) is 2.98. The molecular weight excluding hydrogens is 314 g/mol. The highest BCUT2D eigenvalue weighted by Crippen LogP contribution is 2.22. The van der Waals surface area contributed by atoms with Crippen LogP contribution < -0.4 is 11.1 Å². The van der Waals surface area contributed by atoms with E-state index in [1.165, 1.54) is 0 Å². The Morgan fingerprint density at radius 1 is 1.35 bits per heavy atom. The standard InChI is InChI=1S/C16H20ClN5O/c1-2-3-7-20-16-13(10-23)22-12(9-21-16)5-4-11-6-8-19-15(18)14(11)17/h4-6,8-9,23H,2-3,7,10H2,1H3,(H2,18,19)(H,20,21)/b5-4-. The molecule has 6 nitrogen and oxygen atoms in total. The number of aromatic nitrogens is 3. The number of rotatable bonds is 7. The van der Waals surface area contributed by atoms with Crippen LogP contribution in [-0.2, 0) is 6.61 Å². The van der Waals surface area contributed by atoms with Crippen molar-refractivity contribution >= 4 is 35.4 Å². The third-order valence-electron chi connectivity index (χ3n) is 3.22. The van der Waals surface area contributed by atoms with Gasteiger partial charge in [0.25, 0.3) is 0 Å². The Morgan fingerprint density at radius 3 is 2.91 bits per heavy atom. The summed E-state index contributed by atoms with van der Waals surface area (Å²) < 4.78 is 0. The SMILES string of the molecule is CCCCNc1ncc(/C=C\c2ccnc(N)c2Cl)nc1CO. The molecule has 0 fully saturated rings. The molecule has 122 valence electrons. The number of anilines is 2. The number of unbranched alkanes of at least 4 members (excludes halogenated alkanes) is 1. The van der Waals surface area contributed by atoms with Crippen LogP contribution in [0.5, 0.6) is 0 Å². The van der Waals surface area contributed by atoms with Crippen molar-refractivity contribution in [1.82, 2.24) is 15.0 Å². The average molecular weight is 334 g/mol. The number of hydrogen-bond donors (Lipinski definition) is 3. The van der Waals surface area contributed by atoms with Gasteiger partial charge in [-0.05, 0) is 24.1 Å². The fourth-order valence-electron chi connectivity index (χ4n) is 1.94. The Bertz CT molecular complexity index is 690. The maximum absolute atomic E-state index is 9.45. The van der Waals surface area contributed by atoms with Gasteiger partial charge in [-0.2, -0.15) is 0 Å². The lowest BCUT2D eigenvalue weighted by Gasteiger charge is -2.09. The first-order valence-electron chi connectivity index (χ1n) is 7.44. The number of aliphatic hydroxyl groups is 1. The molecule has 0 amide bonds. The van der Waals surface area contributed by atoms with Crippen LogP contribution >= 0.6 is 11.6 Å². The van der Waals surface area contributed by atoms with Gasteiger partial charge in [0.15, 0.2) is 0 Å². The molecule has 2 rings (SSSR count). The highest BCUT2D eigenvalue weighted by Gasteiger charge is 2.06. The van der Waals surface area contributed by atoms with Crippen LogP contribution in [0, 0.1) is 0 Å². The van der Waals surface area contributed by atoms with Crippen molar-refractivity contribution in [1.29, 1.82) is 0 Å². The quantitative estimate of drug-likeness (QED) is 0.674. The molecule has 0 atom stereocenters. The van der Waals surface area contributed by atoms with E-state index in [-0.39, 0.29) is 12.4 Å². The highest BCUT2D eigenvalue weighted by molar-refractivity contribution is 6.34. The zero-order chi connectivity index (χ0) is 16.7. The minimum absolute atomic E-state index is 0.175. The summed E-state index contributed by atoms with van der Waals surface area (Å²) >= 11 is 6.09. The number of nitrogens with one attached hydrogen (secondary N) is 1. The monoisotopic (exact) mass is 333 g/mol. The fourth-order valence-corrected chi connectivity index (χ4v) is 2.12. The van der Waals surface area contributed by atoms with Gasteiger partial charge in [0.05, 0.1) is 23.5 Å². The highest BCUT2D eigenvalue weighted by atomic mass is 35.5. The lowest BCUT2D eigenvalue weighted by Crippen LogP contribution is -2.08. The van der Waals surface area contributed by atoms with Gasteiger partial charge in [-0.15, -0.1) is 0 Å². The second-order valence-electron chi connectivity index (χ2n) is 4.96. The Hall–Kier alpha value is -2.18. The molecule has 2 aromatic heterocycles. The molecule has 0 unspecified atom stereocenters. The Morgan fingerprint density at radius 2 is 2.17 bits per heavy atom. The van der Waals surface area contributed by atoms with E-state index in [4.69, 9.17) is 17.3 Å². The van der Waals surface area contributed by atoms with Crippen molar-refractivity contribution < 1.29 is 5.11 Å². The van der Waals surface area contributed by atoms with Gasteiger partial charge in [0.1, 0.15) is 17.3 Å². The number of hydrogen-bond acceptors (Lipinski definition) is 6. The number of pyridine rings is 1. The van der Waals surface area contributed by atoms with Crippen LogP contribution in [0.1, 0.15) is 36.7 Å². The van der Waals surface area contributed by atoms with E-state index in [2.05, 4.69) is 27.2 Å². The maximum Gasteiger partial charge on any atom is 0.150 e. The number of nitrogens with zero attached hydrogens (tertiary/aromatic N) is 3. The molecule has 0 spiro atoms. The van der Waals surface area contributed by atoms with E-state index in [1.54, 1.807) is 30.6 Å². The number of nitrogen functional groups attached to an aromatic ring is 1. The number of halogens is 1. The van der Waals surface area contributed by atoms with Crippen LogP contribution in [0.15, 0.2) is 18.5 Å². The molecule has 2 heterocycles. The molecule has 23 heavy (non-hydrogen) atoms. The molecule has 0 aliphatic rings. The van der Waals surface area contributed by atoms with Crippen molar-refractivity contribution in [2.45, 2.75) is 26.4 Å². The van der Waals surface area contributed by atoms with Gasteiger partial charge < -0.3 is 16.2 Å². The Kier molecular flexibility index (Phi) is 6.31. The molecule has 0 radical (unpaired) electrons. The van der Waals surface area contributed by atoms with E-state index >= 15 is 0 Å². The summed E-state index contributed by atoms with van der Waals surface area (Å²) in [5, 5.41) is 13.0. The molecule has 4 N–H and O–H groups in total. The summed E-state index contributed by atoms with van der Waals surface area (Å²) in [7, 11) is 0. The topological polar surface area (TPSA) is 97.0 Å². The minimum Gasteiger partial charge on any atom is -0.390 e. The summed E-state index contributed by atoms with van der Waals surface area (Å²) in [6.45, 7) is 2.75. The van der Waals surface area contributed by atoms with Crippen molar-refractivity contribution in [3.63, 3.8) is 0 Å². The number of aliphatic hydroxyl groups excluding tert-OH is 1. The molecule has 0 bridgehead atoms. The first-order chi connectivity index (χ1) is 11.2. The summed E-state index contributed by atoms with van der Waals surface area (Å²) in [5.41, 5.74) is 7.56. The lowest BCUT2D eigenvalue weighted by atomic mass is 10.2. The zero-order valence-corrected chi connectivity index (χ0v) is 13.7. The molecule has 0 saturated carbocycles. The first kappa shape index (κ1) is 17.2. The van der Waals surface area contributed by atoms with Crippen LogP contribution in [0.2, 0.25) is 5.02 Å². The lowest BCUT2D eigenvalue weighted by molar-refractivity contribution is 0.277. The Balaban J connectivity index is 2.17. The van der Waals surface area contributed by atoms with Crippen LogP contribution in [0.4, 0.5) is 11.6 Å². The molecule has 7 heteroatoms. The van der Waals surface area contributed by atoms with Gasteiger partial charge in [-0.1, -0.05) is 31.0 Å². The summed E-state index contributed by atoms with van der Waals surface area (Å²) in [5.74, 6) is 0.899. The number of nitrogens with two attached hydrogens (primary N) is 1. The smallest absolute Gasteiger partial charge is 0.150 e. The van der Waals surface area contributed by atoms with Gasteiger partial charge in [0.2, 0.25) is 0 Å². The van der Waals surface area contributed by atoms with Crippen LogP contribution in [0.3, 0.4) is 0 Å². The summed E-state index contributed by atoms with van der Waals surface area (Å²) in [6, 6.07) is 1.76. The van der Waals surface area contributed by atoms with E-state index in [0.717, 1.165) is 24.9 Å². The second-order valence-corrected chi connectivity index (χ2v) is 5.34. The van der Waals surface area contributed by atoms with Gasteiger partial charge >= 0.3 is 0 Å². The zero-order valence-electron chi connectivity index (χ0n) is 13.0. The van der Waals surface area contributed by atoms with Crippen molar-refractivity contribution in [2.24, 2.45) is 0 Å². The van der Waals surface area contributed by atoms with Crippen molar-refractivity contribution in [3.05, 3.63) is 40.4 Å². The average Bonchev–Trinajstić information content (AvgIpc) is 2.57. The molecular formula is C16H20ClN5O. The van der Waals surface area contributed by atoms with Crippen molar-refractivity contribution in [3.8, 4) is 0 Å². The summed E-state index contributed by atoms with van der Waals surface area (Å²) in [6.07, 6.45) is 8.91. The normalized spacial score (nSPS) is 11.1. The van der Waals surface area contributed by atoms with Crippen molar-refractivity contribution in [2.75, 3.05) is 17.6 Å². The van der Waals surface area contributed by atoms with Crippen LogP contribution in [-0.4, -0.2) is 26.6 Å². The fraction of sp³-hybridized carbons (Fsp3) is 0.312. The van der Waals surface area contributed by atoms with E-state index in [9.17, 15) is 5.11 Å². The molecule has 0 saturated heterocycles. The molecule has 0 aliphatic carbocycles. The largest absolute Gasteiger partial charge is 0.390 e. The van der Waals surface area contributed by atoms with Gasteiger partial charge in [0, 0.05) is 12.7 Å². The van der Waals surface area contributed by atoms with Crippen LogP contribution in [0.25, 0.3) is 12.2 Å². The maximum atomic E-state index is 9.45. The van der Waals surface area contributed by atoms with E-state index in [0.29, 0.717) is 22.2 Å². The van der Waals surface area contributed by atoms with E-state index < -0.39 is 0 Å². The Labute approximate surface area is 140 Å².